The molecule has 6 heteroatoms. The Labute approximate surface area is 173 Å². The van der Waals surface area contributed by atoms with Crippen LogP contribution in [0.15, 0.2) is 89.5 Å². The quantitative estimate of drug-likeness (QED) is 0.486. The highest BCUT2D eigenvalue weighted by molar-refractivity contribution is 6.30. The molecule has 0 spiro atoms. The third kappa shape index (κ3) is 4.70. The summed E-state index contributed by atoms with van der Waals surface area (Å²) >= 11 is 5.95. The lowest BCUT2D eigenvalue weighted by molar-refractivity contribution is 0.0928. The second-order valence-electron chi connectivity index (χ2n) is 6.54. The lowest BCUT2D eigenvalue weighted by atomic mass is 10.1. The molecule has 144 valence electrons. The highest BCUT2D eigenvalue weighted by Gasteiger charge is 2.23. The normalized spacial score (nSPS) is 11.8. The Morgan fingerprint density at radius 2 is 1.59 bits per heavy atom. The monoisotopic (exact) mass is 403 g/mol. The van der Waals surface area contributed by atoms with Crippen LogP contribution in [-0.2, 0) is 6.42 Å². The second kappa shape index (κ2) is 8.71. The van der Waals surface area contributed by atoms with E-state index < -0.39 is 6.04 Å². The summed E-state index contributed by atoms with van der Waals surface area (Å²) in [6.45, 7) is 0. The number of rotatable bonds is 6. The van der Waals surface area contributed by atoms with Crippen molar-refractivity contribution in [1.29, 1.82) is 0 Å². The molecule has 1 aromatic heterocycles. The van der Waals surface area contributed by atoms with E-state index in [1.807, 2.05) is 60.7 Å². The summed E-state index contributed by atoms with van der Waals surface area (Å²) in [6, 6.07) is 25.6. The Hall–Kier alpha value is -3.44. The Bertz CT molecular complexity index is 1080. The number of amides is 1. The van der Waals surface area contributed by atoms with Gasteiger partial charge in [-0.05, 0) is 42.0 Å². The highest BCUT2D eigenvalue weighted by Crippen LogP contribution is 2.23. The summed E-state index contributed by atoms with van der Waals surface area (Å²) in [4.78, 5) is 17.2. The van der Waals surface area contributed by atoms with E-state index in [0.717, 1.165) is 11.1 Å². The van der Waals surface area contributed by atoms with Crippen LogP contribution in [0.4, 0.5) is 0 Å². The van der Waals surface area contributed by atoms with Crippen molar-refractivity contribution in [3.05, 3.63) is 107 Å². The third-order valence-corrected chi connectivity index (χ3v) is 4.72. The number of nitrogens with zero attached hydrogens (tertiary/aromatic N) is 2. The van der Waals surface area contributed by atoms with Gasteiger partial charge in [0, 0.05) is 22.6 Å². The molecule has 1 N–H and O–H groups in total. The summed E-state index contributed by atoms with van der Waals surface area (Å²) in [5.74, 6) is 0.601. The van der Waals surface area contributed by atoms with E-state index in [-0.39, 0.29) is 5.91 Å². The van der Waals surface area contributed by atoms with E-state index in [1.54, 1.807) is 24.3 Å². The number of carbonyl (C=O) groups is 1. The molecular formula is C23H18ClN3O2. The van der Waals surface area contributed by atoms with Gasteiger partial charge in [0.15, 0.2) is 0 Å². The predicted octanol–water partition coefficient (Wildman–Crippen LogP) is 5.10. The topological polar surface area (TPSA) is 68.0 Å². The maximum absolute atomic E-state index is 12.7. The first-order valence-electron chi connectivity index (χ1n) is 9.18. The smallest absolute Gasteiger partial charge is 0.251 e. The Morgan fingerprint density at radius 1 is 0.931 bits per heavy atom. The Balaban J connectivity index is 1.61. The van der Waals surface area contributed by atoms with Gasteiger partial charge in [-0.15, -0.1) is 0 Å². The van der Waals surface area contributed by atoms with Gasteiger partial charge in [-0.1, -0.05) is 65.3 Å². The Morgan fingerprint density at radius 3 is 2.28 bits per heavy atom. The van der Waals surface area contributed by atoms with Gasteiger partial charge in [-0.2, -0.15) is 4.98 Å². The first-order chi connectivity index (χ1) is 14.2. The molecule has 5 nitrogen and oxygen atoms in total. The van der Waals surface area contributed by atoms with Gasteiger partial charge in [0.1, 0.15) is 6.04 Å². The summed E-state index contributed by atoms with van der Waals surface area (Å²) in [5.41, 5.74) is 2.41. The molecule has 1 atom stereocenters. The summed E-state index contributed by atoms with van der Waals surface area (Å²) in [6.07, 6.45) is 0.529. The highest BCUT2D eigenvalue weighted by atomic mass is 35.5. The molecule has 0 radical (unpaired) electrons. The average molecular weight is 404 g/mol. The molecular weight excluding hydrogens is 386 g/mol. The van der Waals surface area contributed by atoms with Crippen molar-refractivity contribution in [2.45, 2.75) is 12.5 Å². The van der Waals surface area contributed by atoms with Crippen LogP contribution in [0.25, 0.3) is 11.4 Å². The minimum absolute atomic E-state index is 0.197. The van der Waals surface area contributed by atoms with Crippen LogP contribution in [0.5, 0.6) is 0 Å². The molecule has 0 unspecified atom stereocenters. The number of nitrogens with one attached hydrogen (secondary N) is 1. The number of hydrogen-bond acceptors (Lipinski definition) is 4. The maximum Gasteiger partial charge on any atom is 0.251 e. The van der Waals surface area contributed by atoms with Gasteiger partial charge in [0.2, 0.25) is 11.7 Å². The van der Waals surface area contributed by atoms with E-state index in [4.69, 9.17) is 16.1 Å². The molecule has 0 aliphatic carbocycles. The first-order valence-corrected chi connectivity index (χ1v) is 9.56. The van der Waals surface area contributed by atoms with Crippen molar-refractivity contribution >= 4 is 17.5 Å². The zero-order valence-corrected chi connectivity index (χ0v) is 16.2. The number of benzene rings is 3. The lowest BCUT2D eigenvalue weighted by Crippen LogP contribution is -2.30. The van der Waals surface area contributed by atoms with Crippen molar-refractivity contribution in [1.82, 2.24) is 15.5 Å². The van der Waals surface area contributed by atoms with Gasteiger partial charge >= 0.3 is 0 Å². The molecule has 0 aliphatic heterocycles. The van der Waals surface area contributed by atoms with Gasteiger partial charge in [-0.25, -0.2) is 0 Å². The minimum atomic E-state index is -0.460. The van der Waals surface area contributed by atoms with Gasteiger partial charge in [0.25, 0.3) is 5.91 Å². The second-order valence-corrected chi connectivity index (χ2v) is 6.98. The number of carbonyl (C=O) groups excluding carboxylic acids is 1. The molecule has 0 aliphatic rings. The molecule has 0 saturated heterocycles. The molecule has 29 heavy (non-hydrogen) atoms. The SMILES string of the molecule is O=C(N[C@H](Cc1ccccc1)c1nc(-c2ccc(Cl)cc2)no1)c1ccccc1. The van der Waals surface area contributed by atoms with Crippen LogP contribution >= 0.6 is 11.6 Å². The van der Waals surface area contributed by atoms with E-state index in [1.165, 1.54) is 0 Å². The van der Waals surface area contributed by atoms with Crippen molar-refractivity contribution < 1.29 is 9.32 Å². The van der Waals surface area contributed by atoms with Crippen molar-refractivity contribution in [2.24, 2.45) is 0 Å². The summed E-state index contributed by atoms with van der Waals surface area (Å²) < 4.78 is 5.51. The van der Waals surface area contributed by atoms with Crippen LogP contribution in [0.2, 0.25) is 5.02 Å². The molecule has 1 amide bonds. The van der Waals surface area contributed by atoms with Crippen LogP contribution < -0.4 is 5.32 Å². The fourth-order valence-corrected chi connectivity index (χ4v) is 3.10. The average Bonchev–Trinajstić information content (AvgIpc) is 3.25. The number of halogens is 1. The molecule has 4 aromatic rings. The van der Waals surface area contributed by atoms with Crippen molar-refractivity contribution in [3.8, 4) is 11.4 Å². The standard InChI is InChI=1S/C23H18ClN3O2/c24-19-13-11-17(12-14-19)21-26-23(29-27-21)20(15-16-7-3-1-4-8-16)25-22(28)18-9-5-2-6-10-18/h1-14,20H,15H2,(H,25,28)/t20-/m1/s1. The maximum atomic E-state index is 12.7. The van der Waals surface area contributed by atoms with E-state index >= 15 is 0 Å². The largest absolute Gasteiger partial charge is 0.340 e. The van der Waals surface area contributed by atoms with Crippen LogP contribution in [0, 0.1) is 0 Å². The van der Waals surface area contributed by atoms with Gasteiger partial charge in [-0.3, -0.25) is 4.79 Å². The van der Waals surface area contributed by atoms with Gasteiger partial charge in [0.05, 0.1) is 0 Å². The first kappa shape index (κ1) is 18.9. The van der Waals surface area contributed by atoms with E-state index in [2.05, 4.69) is 15.5 Å². The Kier molecular flexibility index (Phi) is 5.68. The zero-order chi connectivity index (χ0) is 20.1. The molecule has 1 heterocycles. The molecule has 0 saturated carbocycles. The third-order valence-electron chi connectivity index (χ3n) is 4.47. The van der Waals surface area contributed by atoms with E-state index in [0.29, 0.717) is 28.7 Å². The van der Waals surface area contributed by atoms with E-state index in [9.17, 15) is 4.79 Å². The fourth-order valence-electron chi connectivity index (χ4n) is 2.97. The molecule has 4 rings (SSSR count). The molecule has 0 fully saturated rings. The molecule has 0 bridgehead atoms. The lowest BCUT2D eigenvalue weighted by Gasteiger charge is -2.15. The number of aromatic nitrogens is 2. The van der Waals surface area contributed by atoms with Crippen molar-refractivity contribution in [2.75, 3.05) is 0 Å². The summed E-state index contributed by atoms with van der Waals surface area (Å²) in [7, 11) is 0. The molecule has 3 aromatic carbocycles. The van der Waals surface area contributed by atoms with Crippen molar-refractivity contribution in [3.63, 3.8) is 0 Å². The zero-order valence-electron chi connectivity index (χ0n) is 15.5. The van der Waals surface area contributed by atoms with Gasteiger partial charge < -0.3 is 9.84 Å². The number of hydrogen-bond donors (Lipinski definition) is 1. The van der Waals surface area contributed by atoms with Crippen LogP contribution in [0.3, 0.4) is 0 Å². The predicted molar refractivity (Wildman–Crippen MR) is 112 cm³/mol. The summed E-state index contributed by atoms with van der Waals surface area (Å²) in [5, 5.41) is 7.73. The minimum Gasteiger partial charge on any atom is -0.340 e. The van der Waals surface area contributed by atoms with Crippen LogP contribution in [-0.4, -0.2) is 16.0 Å². The fraction of sp³-hybridized carbons (Fsp3) is 0.0870. The van der Waals surface area contributed by atoms with Crippen LogP contribution in [0.1, 0.15) is 27.9 Å².